The number of esters is 1. The number of carbonyl (C=O) groups excluding carboxylic acids is 1. The van der Waals surface area contributed by atoms with E-state index in [0.29, 0.717) is 6.61 Å². The lowest BCUT2D eigenvalue weighted by Gasteiger charge is -2.38. The smallest absolute Gasteiger partial charge is 0.308 e. The van der Waals surface area contributed by atoms with E-state index < -0.39 is 0 Å². The van der Waals surface area contributed by atoms with Crippen molar-refractivity contribution in [1.82, 2.24) is 4.90 Å². The zero-order valence-corrected chi connectivity index (χ0v) is 19.2. The first-order valence-corrected chi connectivity index (χ1v) is 10.2. The molecule has 0 aromatic heterocycles. The summed E-state index contributed by atoms with van der Waals surface area (Å²) >= 11 is 0. The van der Waals surface area contributed by atoms with Gasteiger partial charge in [0.25, 0.3) is 0 Å². The van der Waals surface area contributed by atoms with Crippen LogP contribution in [0.1, 0.15) is 65.2 Å². The van der Waals surface area contributed by atoms with E-state index in [2.05, 4.69) is 32.8 Å². The van der Waals surface area contributed by atoms with E-state index in [-0.39, 0.29) is 35.9 Å². The van der Waals surface area contributed by atoms with Gasteiger partial charge in [0.15, 0.2) is 0 Å². The molecule has 4 nitrogen and oxygen atoms in total. The number of carbonyl (C=O) groups is 1. The van der Waals surface area contributed by atoms with Crippen molar-refractivity contribution in [2.24, 2.45) is 5.92 Å². The molecule has 0 spiro atoms. The van der Waals surface area contributed by atoms with E-state index in [4.69, 9.17) is 4.74 Å². The number of piperazine rings is 1. The Morgan fingerprint density at radius 3 is 2.00 bits per heavy atom. The van der Waals surface area contributed by atoms with Crippen molar-refractivity contribution < 1.29 is 38.0 Å². The molecule has 0 unspecified atom stereocenters. The molecule has 0 N–H and O–H groups in total. The average Bonchev–Trinajstić information content (AvgIpc) is 2.55. The number of unbranched alkanes of at least 4 members (excludes halogenated alkanes) is 4. The minimum atomic E-state index is 0. The number of rotatable bonds is 12. The number of quaternary nitrogens is 1. The van der Waals surface area contributed by atoms with Crippen LogP contribution in [0.25, 0.3) is 0 Å². The van der Waals surface area contributed by atoms with Gasteiger partial charge < -0.3 is 33.2 Å². The molecule has 1 aliphatic rings. The Morgan fingerprint density at radius 2 is 1.52 bits per heavy atom. The molecule has 0 radical (unpaired) electrons. The molecule has 0 aliphatic carbocycles. The summed E-state index contributed by atoms with van der Waals surface area (Å²) in [6, 6.07) is 0. The van der Waals surface area contributed by atoms with E-state index in [0.717, 1.165) is 49.8 Å². The van der Waals surface area contributed by atoms with Crippen molar-refractivity contribution in [3.05, 3.63) is 0 Å². The van der Waals surface area contributed by atoms with Crippen molar-refractivity contribution in [2.45, 2.75) is 65.2 Å². The molecule has 0 aromatic carbocycles. The number of halogens is 1. The fraction of sp³-hybridized carbons (Fsp3) is 0.950. The number of likely N-dealkylation sites (N-methyl/N-ethyl adjacent to an activating group) is 1. The number of hydrogen-bond donors (Lipinski definition) is 0. The highest BCUT2D eigenvalue weighted by Crippen LogP contribution is 2.19. The van der Waals surface area contributed by atoms with Crippen LogP contribution in [-0.2, 0) is 9.53 Å². The number of ether oxygens (including phenoxy) is 1. The van der Waals surface area contributed by atoms with Gasteiger partial charge in [-0.15, -0.1) is 0 Å². The molecule has 1 rings (SSSR count). The first kappa shape index (κ1) is 25.1. The zero-order chi connectivity index (χ0) is 17.8. The highest BCUT2D eigenvalue weighted by atomic mass is 127. The third-order valence-corrected chi connectivity index (χ3v) is 5.34. The first-order valence-electron chi connectivity index (χ1n) is 10.2. The molecular weight excluding hydrogens is 427 g/mol. The lowest BCUT2D eigenvalue weighted by Crippen LogP contribution is -3.00. The number of nitrogens with zero attached hydrogens (tertiary/aromatic N) is 2. The SMILES string of the molecule is CCCCCC(CCCCC)C(=O)OCCN1CC[N+](C)(C)CC1.[I-]. The molecule has 5 heteroatoms. The van der Waals surface area contributed by atoms with Crippen LogP contribution < -0.4 is 24.0 Å². The maximum absolute atomic E-state index is 12.4. The van der Waals surface area contributed by atoms with Crippen LogP contribution in [-0.4, -0.2) is 68.8 Å². The van der Waals surface area contributed by atoms with Gasteiger partial charge in [-0.05, 0) is 12.8 Å². The highest BCUT2D eigenvalue weighted by molar-refractivity contribution is 5.72. The molecule has 1 saturated heterocycles. The average molecular weight is 468 g/mol. The Morgan fingerprint density at radius 1 is 1.00 bits per heavy atom. The summed E-state index contributed by atoms with van der Waals surface area (Å²) in [5, 5.41) is 0. The normalized spacial score (nSPS) is 17.3. The van der Waals surface area contributed by atoms with Crippen molar-refractivity contribution >= 4 is 5.97 Å². The molecule has 1 aliphatic heterocycles. The van der Waals surface area contributed by atoms with Crippen molar-refractivity contribution in [2.75, 3.05) is 53.4 Å². The van der Waals surface area contributed by atoms with Gasteiger partial charge in [0.05, 0.1) is 33.1 Å². The van der Waals surface area contributed by atoms with E-state index in [1.807, 2.05) is 0 Å². The second-order valence-corrected chi connectivity index (χ2v) is 8.08. The van der Waals surface area contributed by atoms with Crippen LogP contribution in [0.5, 0.6) is 0 Å². The molecule has 1 fully saturated rings. The van der Waals surface area contributed by atoms with Gasteiger partial charge in [0, 0.05) is 19.6 Å². The Hall–Kier alpha value is 0.120. The summed E-state index contributed by atoms with van der Waals surface area (Å²) in [5.41, 5.74) is 0. The van der Waals surface area contributed by atoms with Crippen molar-refractivity contribution in [3.63, 3.8) is 0 Å². The summed E-state index contributed by atoms with van der Waals surface area (Å²) in [7, 11) is 4.57. The molecule has 0 aromatic rings. The van der Waals surface area contributed by atoms with E-state index in [1.54, 1.807) is 0 Å². The van der Waals surface area contributed by atoms with Crippen LogP contribution in [0.3, 0.4) is 0 Å². The van der Waals surface area contributed by atoms with Gasteiger partial charge >= 0.3 is 5.97 Å². The molecule has 0 atom stereocenters. The Labute approximate surface area is 173 Å². The van der Waals surface area contributed by atoms with E-state index >= 15 is 0 Å². The van der Waals surface area contributed by atoms with Crippen LogP contribution in [0.4, 0.5) is 0 Å². The largest absolute Gasteiger partial charge is 1.00 e. The van der Waals surface area contributed by atoms with Crippen molar-refractivity contribution in [3.8, 4) is 0 Å². The van der Waals surface area contributed by atoms with Crippen LogP contribution in [0.15, 0.2) is 0 Å². The minimum Gasteiger partial charge on any atom is -1.00 e. The maximum Gasteiger partial charge on any atom is 0.308 e. The maximum atomic E-state index is 12.4. The van der Waals surface area contributed by atoms with Crippen LogP contribution >= 0.6 is 0 Å². The van der Waals surface area contributed by atoms with E-state index in [9.17, 15) is 4.79 Å². The fourth-order valence-corrected chi connectivity index (χ4v) is 3.33. The predicted molar refractivity (Wildman–Crippen MR) is 101 cm³/mol. The summed E-state index contributed by atoms with van der Waals surface area (Å²) < 4.78 is 6.74. The lowest BCUT2D eigenvalue weighted by molar-refractivity contribution is -0.894. The second kappa shape index (κ2) is 14.2. The second-order valence-electron chi connectivity index (χ2n) is 8.08. The number of hydrogen-bond acceptors (Lipinski definition) is 3. The minimum absolute atomic E-state index is 0. The molecule has 0 bridgehead atoms. The summed E-state index contributed by atoms with van der Waals surface area (Å²) in [4.78, 5) is 14.9. The van der Waals surface area contributed by atoms with Gasteiger partial charge in [0.2, 0.25) is 0 Å². The third-order valence-electron chi connectivity index (χ3n) is 5.34. The topological polar surface area (TPSA) is 29.5 Å². The Balaban J connectivity index is 0.00000576. The van der Waals surface area contributed by atoms with Gasteiger partial charge in [-0.3, -0.25) is 9.69 Å². The lowest BCUT2D eigenvalue weighted by atomic mass is 9.95. The monoisotopic (exact) mass is 468 g/mol. The van der Waals surface area contributed by atoms with Crippen molar-refractivity contribution in [1.29, 1.82) is 0 Å². The molecular formula is C20H41IN2O2. The third kappa shape index (κ3) is 11.4. The Bertz CT molecular complexity index is 331. The highest BCUT2D eigenvalue weighted by Gasteiger charge is 2.24. The van der Waals surface area contributed by atoms with Gasteiger partial charge in [-0.1, -0.05) is 52.4 Å². The predicted octanol–water partition coefficient (Wildman–Crippen LogP) is 0.702. The first-order chi connectivity index (χ1) is 11.5. The standard InChI is InChI=1S/C20H41N2O2.HI/c1-5-7-9-11-19(12-10-8-6-2)20(23)24-18-15-21-13-16-22(3,4)17-14-21;/h19H,5-18H2,1-4H3;1H/q+1;/p-1. The summed E-state index contributed by atoms with van der Waals surface area (Å²) in [5.74, 6) is 0.176. The Kier molecular flexibility index (Phi) is 14.3. The fourth-order valence-electron chi connectivity index (χ4n) is 3.33. The van der Waals surface area contributed by atoms with Crippen LogP contribution in [0.2, 0.25) is 0 Å². The molecule has 150 valence electrons. The van der Waals surface area contributed by atoms with Gasteiger partial charge in [0.1, 0.15) is 6.61 Å². The molecule has 1 heterocycles. The van der Waals surface area contributed by atoms with Gasteiger partial charge in [-0.2, -0.15) is 0 Å². The quantitative estimate of drug-likeness (QED) is 0.183. The molecule has 0 saturated carbocycles. The summed E-state index contributed by atoms with van der Waals surface area (Å²) in [6.45, 7) is 10.5. The molecule has 25 heavy (non-hydrogen) atoms. The zero-order valence-electron chi connectivity index (χ0n) is 17.1. The van der Waals surface area contributed by atoms with Crippen LogP contribution in [0, 0.1) is 5.92 Å². The summed E-state index contributed by atoms with van der Waals surface area (Å²) in [6.07, 6.45) is 9.18. The molecule has 0 amide bonds. The van der Waals surface area contributed by atoms with E-state index in [1.165, 1.54) is 38.8 Å². The van der Waals surface area contributed by atoms with Gasteiger partial charge in [-0.25, -0.2) is 0 Å².